The third-order valence-corrected chi connectivity index (χ3v) is 23.6. The zero-order valence-electron chi connectivity index (χ0n) is 58.7. The Morgan fingerprint density at radius 1 is 0.248 bits per heavy atom. The van der Waals surface area contributed by atoms with E-state index in [-0.39, 0.29) is 23.0 Å². The first-order valence-electron chi connectivity index (χ1n) is 35.6. The Labute approximate surface area is 602 Å². The summed E-state index contributed by atoms with van der Waals surface area (Å²) >= 11 is 3.77. The number of benzene rings is 14. The molecule has 0 radical (unpaired) electrons. The number of fused-ring (bicyclic) bond motifs is 10. The SMILES string of the molecule is CC(C)(C)c1ccc(-c2cc3c4c(c2)N(c2c(-c5ccccc5)cc(C(C)(C)C)cc2-c2ccccc2)c2ccc(-c5cccc6sc7ccccc7c56)cc2B4c2cc(-c4cccc5sc6ccccc6c45)ccc2N3c2c(-c3ccccc3)cc(C(C)(C)C)cc2-c2ccccc2)cc1. The highest BCUT2D eigenvalue weighted by Gasteiger charge is 2.46. The molecule has 4 heterocycles. The van der Waals surface area contributed by atoms with Crippen LogP contribution in [0.5, 0.6) is 0 Å². The first kappa shape index (κ1) is 62.4. The summed E-state index contributed by atoms with van der Waals surface area (Å²) in [6.45, 7) is 20.8. The summed E-state index contributed by atoms with van der Waals surface area (Å²) < 4.78 is 5.17. The van der Waals surface area contributed by atoms with Crippen molar-refractivity contribution in [3.63, 3.8) is 0 Å². The smallest absolute Gasteiger partial charge is 0.252 e. The quantitative estimate of drug-likeness (QED) is 0.133. The minimum Gasteiger partial charge on any atom is -0.310 e. The van der Waals surface area contributed by atoms with Gasteiger partial charge < -0.3 is 9.80 Å². The number of nitrogens with zero attached hydrogens (tertiary/aromatic N) is 2. The Kier molecular flexibility index (Phi) is 14.8. The Morgan fingerprint density at radius 3 is 0.950 bits per heavy atom. The largest absolute Gasteiger partial charge is 0.310 e. The summed E-state index contributed by atoms with van der Waals surface area (Å²) in [5, 5.41) is 5.18. The van der Waals surface area contributed by atoms with Gasteiger partial charge >= 0.3 is 0 Å². The average Bonchev–Trinajstić information content (AvgIpc) is 1.07. The molecule has 486 valence electrons. The van der Waals surface area contributed by atoms with Crippen molar-refractivity contribution in [1.82, 2.24) is 0 Å². The van der Waals surface area contributed by atoms with Crippen molar-refractivity contribution in [3.8, 4) is 77.9 Å². The number of hydrogen-bond donors (Lipinski definition) is 0. The number of anilines is 6. The molecule has 18 rings (SSSR count). The molecule has 0 spiro atoms. The van der Waals surface area contributed by atoms with Gasteiger partial charge in [0.15, 0.2) is 0 Å². The molecule has 5 heteroatoms. The molecule has 2 aromatic heterocycles. The van der Waals surface area contributed by atoms with Gasteiger partial charge in [-0.3, -0.25) is 0 Å². The van der Waals surface area contributed by atoms with Crippen LogP contribution in [0.1, 0.15) is 79.0 Å². The lowest BCUT2D eigenvalue weighted by molar-refractivity contribution is 0.590. The van der Waals surface area contributed by atoms with Gasteiger partial charge in [0.1, 0.15) is 0 Å². The predicted molar refractivity (Wildman–Crippen MR) is 440 cm³/mol. The molecule has 0 atom stereocenters. The fourth-order valence-electron chi connectivity index (χ4n) is 16.2. The van der Waals surface area contributed by atoms with Crippen LogP contribution in [0.4, 0.5) is 34.1 Å². The van der Waals surface area contributed by atoms with E-state index in [0.29, 0.717) is 0 Å². The van der Waals surface area contributed by atoms with Gasteiger partial charge in [-0.15, -0.1) is 22.7 Å². The molecule has 2 nitrogen and oxygen atoms in total. The standard InChI is InChI=1S/C96H77BN2S2/c1-94(2,3)68-48-44-60(45-49-68)67-54-83-91-84(55-67)99(93-77(63-32-18-12-19-33-63)58-70(96(7,8)9)59-78(93)64-34-20-13-21-35-64)82-51-47-66(72-39-27-43-88-90(72)74-37-23-25-41-86(74)101-88)53-80(82)97(91)79-52-65(71-38-26-42-87-89(71)73-36-22-24-40-85(73)100-87)46-50-81(79)98(83)92-75(61-28-14-10-15-29-61)56-69(95(4,5)6)57-76(92)62-30-16-11-17-31-62/h10-59H,1-9H3. The van der Waals surface area contributed by atoms with E-state index in [0.717, 1.165) is 67.5 Å². The third-order valence-electron chi connectivity index (χ3n) is 21.3. The van der Waals surface area contributed by atoms with Crippen LogP contribution in [-0.2, 0) is 16.2 Å². The second-order valence-electron chi connectivity index (χ2n) is 30.8. The molecule has 0 saturated carbocycles. The van der Waals surface area contributed by atoms with Crippen molar-refractivity contribution >= 4 is 120 Å². The molecular weight excluding hydrogens is 1260 g/mol. The van der Waals surface area contributed by atoms with Crippen LogP contribution in [0.3, 0.4) is 0 Å². The second-order valence-corrected chi connectivity index (χ2v) is 32.9. The van der Waals surface area contributed by atoms with Gasteiger partial charge in [0, 0.05) is 85.3 Å². The van der Waals surface area contributed by atoms with Crippen LogP contribution in [0.15, 0.2) is 303 Å². The van der Waals surface area contributed by atoms with Crippen LogP contribution >= 0.6 is 22.7 Å². The molecule has 2 aliphatic rings. The molecule has 14 aromatic carbocycles. The van der Waals surface area contributed by atoms with Crippen LogP contribution in [0.2, 0.25) is 0 Å². The zero-order chi connectivity index (χ0) is 68.6. The van der Waals surface area contributed by atoms with Crippen molar-refractivity contribution in [2.45, 2.75) is 78.6 Å². The molecule has 101 heavy (non-hydrogen) atoms. The minimum absolute atomic E-state index is 0.0434. The first-order valence-corrected chi connectivity index (χ1v) is 37.2. The van der Waals surface area contributed by atoms with Gasteiger partial charge in [-0.25, -0.2) is 0 Å². The van der Waals surface area contributed by atoms with Gasteiger partial charge in [0.25, 0.3) is 6.71 Å². The first-order chi connectivity index (χ1) is 49.0. The number of thiophene rings is 2. The Morgan fingerprint density at radius 2 is 0.584 bits per heavy atom. The van der Waals surface area contributed by atoms with Crippen molar-refractivity contribution in [2.24, 2.45) is 0 Å². The molecule has 0 unspecified atom stereocenters. The van der Waals surface area contributed by atoms with Crippen LogP contribution in [0.25, 0.3) is 118 Å². The average molecular weight is 1330 g/mol. The van der Waals surface area contributed by atoms with Crippen LogP contribution in [0, 0.1) is 0 Å². The van der Waals surface area contributed by atoms with E-state index in [1.54, 1.807) is 0 Å². The lowest BCUT2D eigenvalue weighted by Crippen LogP contribution is -2.61. The molecule has 16 aromatic rings. The van der Waals surface area contributed by atoms with E-state index in [2.05, 4.69) is 375 Å². The summed E-state index contributed by atoms with van der Waals surface area (Å²) in [5.74, 6) is 0. The van der Waals surface area contributed by atoms with E-state index in [1.165, 1.54) is 118 Å². The molecule has 0 bridgehead atoms. The topological polar surface area (TPSA) is 6.48 Å². The van der Waals surface area contributed by atoms with E-state index < -0.39 is 0 Å². The Balaban J connectivity index is 1.05. The summed E-state index contributed by atoms with van der Waals surface area (Å²) in [6, 6.07) is 116. The van der Waals surface area contributed by atoms with Gasteiger partial charge in [-0.05, 0) is 178 Å². The highest BCUT2D eigenvalue weighted by molar-refractivity contribution is 7.26. The van der Waals surface area contributed by atoms with Gasteiger partial charge in [0.05, 0.1) is 11.4 Å². The monoisotopic (exact) mass is 1330 g/mol. The number of hydrogen-bond acceptors (Lipinski definition) is 4. The fourth-order valence-corrected chi connectivity index (χ4v) is 18.4. The third kappa shape index (κ3) is 10.6. The lowest BCUT2D eigenvalue weighted by atomic mass is 9.33. The molecule has 0 amide bonds. The van der Waals surface area contributed by atoms with Crippen molar-refractivity contribution in [2.75, 3.05) is 9.80 Å². The van der Waals surface area contributed by atoms with Crippen LogP contribution < -0.4 is 26.2 Å². The van der Waals surface area contributed by atoms with E-state index in [9.17, 15) is 0 Å². The van der Waals surface area contributed by atoms with Crippen molar-refractivity contribution in [3.05, 3.63) is 320 Å². The Hall–Kier alpha value is -10.8. The predicted octanol–water partition coefficient (Wildman–Crippen LogP) is 26.1. The highest BCUT2D eigenvalue weighted by Crippen LogP contribution is 2.56. The molecular formula is C96H77BN2S2. The summed E-state index contributed by atoms with van der Waals surface area (Å²) in [4.78, 5) is 5.45. The molecule has 2 aliphatic heterocycles. The lowest BCUT2D eigenvalue weighted by Gasteiger charge is -2.46. The summed E-state index contributed by atoms with van der Waals surface area (Å²) in [7, 11) is 0. The minimum atomic E-state index is -0.269. The van der Waals surface area contributed by atoms with Gasteiger partial charge in [-0.1, -0.05) is 293 Å². The van der Waals surface area contributed by atoms with E-state index >= 15 is 0 Å². The fraction of sp³-hybridized carbons (Fsp3) is 0.125. The van der Waals surface area contributed by atoms with E-state index in [4.69, 9.17) is 0 Å². The van der Waals surface area contributed by atoms with Gasteiger partial charge in [-0.2, -0.15) is 0 Å². The maximum absolute atomic E-state index is 2.73. The molecule has 0 aliphatic carbocycles. The summed E-state index contributed by atoms with van der Waals surface area (Å²) in [5.41, 5.74) is 30.6. The van der Waals surface area contributed by atoms with Crippen LogP contribution in [-0.4, -0.2) is 6.71 Å². The zero-order valence-corrected chi connectivity index (χ0v) is 60.3. The van der Waals surface area contributed by atoms with Gasteiger partial charge in [0.2, 0.25) is 0 Å². The van der Waals surface area contributed by atoms with E-state index in [1.807, 2.05) is 22.7 Å². The second kappa shape index (κ2) is 23.9. The highest BCUT2D eigenvalue weighted by atomic mass is 32.1. The molecule has 0 N–H and O–H groups in total. The van der Waals surface area contributed by atoms with Crippen molar-refractivity contribution in [1.29, 1.82) is 0 Å². The number of rotatable bonds is 9. The Bertz CT molecular complexity index is 5490. The maximum atomic E-state index is 2.73. The molecule has 0 fully saturated rings. The van der Waals surface area contributed by atoms with Crippen molar-refractivity contribution < 1.29 is 0 Å². The summed E-state index contributed by atoms with van der Waals surface area (Å²) in [6.07, 6.45) is 0. The molecule has 0 saturated heterocycles. The normalized spacial score (nSPS) is 12.9. The maximum Gasteiger partial charge on any atom is 0.252 e.